The van der Waals surface area contributed by atoms with Crippen molar-refractivity contribution in [2.75, 3.05) is 20.2 Å². The van der Waals surface area contributed by atoms with E-state index in [-0.39, 0.29) is 0 Å². The van der Waals surface area contributed by atoms with Crippen LogP contribution in [0.3, 0.4) is 0 Å². The first-order chi connectivity index (χ1) is 9.33. The van der Waals surface area contributed by atoms with Crippen molar-refractivity contribution in [1.29, 1.82) is 0 Å². The van der Waals surface area contributed by atoms with Crippen molar-refractivity contribution in [3.63, 3.8) is 0 Å². The van der Waals surface area contributed by atoms with Crippen LogP contribution in [0.5, 0.6) is 5.75 Å². The number of hydrogen-bond donors (Lipinski definition) is 2. The SMILES string of the molecule is CCOc1ccc2[nH]c3c(c2c1)C(CNC)CCC3. The fraction of sp³-hybridized carbons (Fsp3) is 0.500. The average molecular weight is 258 g/mol. The lowest BCUT2D eigenvalue weighted by Crippen LogP contribution is -2.20. The highest BCUT2D eigenvalue weighted by atomic mass is 16.5. The first kappa shape index (κ1) is 12.5. The van der Waals surface area contributed by atoms with E-state index in [4.69, 9.17) is 4.74 Å². The van der Waals surface area contributed by atoms with Gasteiger partial charge in [-0.1, -0.05) is 0 Å². The van der Waals surface area contributed by atoms with Gasteiger partial charge in [-0.2, -0.15) is 0 Å². The Morgan fingerprint density at radius 2 is 2.32 bits per heavy atom. The molecule has 0 amide bonds. The third kappa shape index (κ3) is 2.23. The van der Waals surface area contributed by atoms with E-state index >= 15 is 0 Å². The molecule has 3 nitrogen and oxygen atoms in total. The summed E-state index contributed by atoms with van der Waals surface area (Å²) >= 11 is 0. The molecule has 2 N–H and O–H groups in total. The summed E-state index contributed by atoms with van der Waals surface area (Å²) in [6.45, 7) is 3.80. The molecule has 0 saturated carbocycles. The molecule has 1 unspecified atom stereocenters. The number of rotatable bonds is 4. The van der Waals surface area contributed by atoms with Gasteiger partial charge in [0.05, 0.1) is 6.61 Å². The molecule has 1 aromatic carbocycles. The fourth-order valence-electron chi connectivity index (χ4n) is 3.29. The second-order valence-corrected chi connectivity index (χ2v) is 5.30. The van der Waals surface area contributed by atoms with Crippen LogP contribution in [0.15, 0.2) is 18.2 Å². The molecule has 1 heterocycles. The van der Waals surface area contributed by atoms with Gasteiger partial charge in [-0.05, 0) is 62.9 Å². The molecule has 0 spiro atoms. The number of likely N-dealkylation sites (N-methyl/N-ethyl adjacent to an activating group) is 1. The molecule has 1 aromatic heterocycles. The Morgan fingerprint density at radius 1 is 1.42 bits per heavy atom. The first-order valence-electron chi connectivity index (χ1n) is 7.25. The maximum Gasteiger partial charge on any atom is 0.120 e. The lowest BCUT2D eigenvalue weighted by molar-refractivity contribution is 0.340. The quantitative estimate of drug-likeness (QED) is 0.883. The average Bonchev–Trinajstić information content (AvgIpc) is 2.78. The molecule has 3 rings (SSSR count). The van der Waals surface area contributed by atoms with Crippen molar-refractivity contribution in [2.45, 2.75) is 32.1 Å². The van der Waals surface area contributed by atoms with Crippen molar-refractivity contribution in [2.24, 2.45) is 0 Å². The summed E-state index contributed by atoms with van der Waals surface area (Å²) < 4.78 is 5.64. The van der Waals surface area contributed by atoms with Crippen LogP contribution in [0.1, 0.15) is 36.9 Å². The first-order valence-corrected chi connectivity index (χ1v) is 7.25. The van der Waals surface area contributed by atoms with Gasteiger partial charge in [-0.15, -0.1) is 0 Å². The minimum Gasteiger partial charge on any atom is -0.494 e. The molecule has 0 fully saturated rings. The zero-order valence-corrected chi connectivity index (χ0v) is 11.8. The number of benzene rings is 1. The van der Waals surface area contributed by atoms with Crippen molar-refractivity contribution in [1.82, 2.24) is 10.3 Å². The molecular formula is C16H22N2O. The van der Waals surface area contributed by atoms with Gasteiger partial charge in [-0.25, -0.2) is 0 Å². The van der Waals surface area contributed by atoms with E-state index in [1.807, 2.05) is 14.0 Å². The van der Waals surface area contributed by atoms with Crippen LogP contribution in [0.25, 0.3) is 10.9 Å². The third-order valence-corrected chi connectivity index (χ3v) is 4.04. The summed E-state index contributed by atoms with van der Waals surface area (Å²) in [5.41, 5.74) is 4.18. The van der Waals surface area contributed by atoms with Gasteiger partial charge in [0, 0.05) is 23.1 Å². The van der Waals surface area contributed by atoms with Crippen LogP contribution >= 0.6 is 0 Å². The highest BCUT2D eigenvalue weighted by Gasteiger charge is 2.24. The Balaban J connectivity index is 2.09. The van der Waals surface area contributed by atoms with Gasteiger partial charge >= 0.3 is 0 Å². The lowest BCUT2D eigenvalue weighted by atomic mass is 9.85. The van der Waals surface area contributed by atoms with E-state index in [1.54, 1.807) is 0 Å². The summed E-state index contributed by atoms with van der Waals surface area (Å²) in [4.78, 5) is 3.59. The van der Waals surface area contributed by atoms with E-state index in [9.17, 15) is 0 Å². The second kappa shape index (κ2) is 5.25. The standard InChI is InChI=1S/C16H22N2O/c1-3-19-12-7-8-14-13(9-12)16-11(10-17-2)5-4-6-15(16)18-14/h7-9,11,17-18H,3-6,10H2,1-2H3. The van der Waals surface area contributed by atoms with Gasteiger partial charge in [0.25, 0.3) is 0 Å². The van der Waals surface area contributed by atoms with Crippen LogP contribution in [0, 0.1) is 0 Å². The Kier molecular flexibility index (Phi) is 3.47. The maximum atomic E-state index is 5.64. The molecule has 1 aliphatic rings. The summed E-state index contributed by atoms with van der Waals surface area (Å²) in [5, 5.41) is 4.68. The molecule has 0 bridgehead atoms. The van der Waals surface area contributed by atoms with Crippen LogP contribution in [0.4, 0.5) is 0 Å². The van der Waals surface area contributed by atoms with E-state index in [0.29, 0.717) is 5.92 Å². The highest BCUT2D eigenvalue weighted by Crippen LogP contribution is 2.38. The Labute approximate surface area is 114 Å². The second-order valence-electron chi connectivity index (χ2n) is 5.30. The Bertz CT molecular complexity index is 573. The molecule has 2 aromatic rings. The molecule has 3 heteroatoms. The van der Waals surface area contributed by atoms with E-state index in [0.717, 1.165) is 18.9 Å². The number of aromatic nitrogens is 1. The number of aromatic amines is 1. The number of nitrogens with one attached hydrogen (secondary N) is 2. The molecule has 19 heavy (non-hydrogen) atoms. The van der Waals surface area contributed by atoms with Gasteiger partial charge < -0.3 is 15.0 Å². The van der Waals surface area contributed by atoms with E-state index < -0.39 is 0 Å². The predicted molar refractivity (Wildman–Crippen MR) is 79.1 cm³/mol. The van der Waals surface area contributed by atoms with Gasteiger partial charge in [0.15, 0.2) is 0 Å². The minimum atomic E-state index is 0.624. The summed E-state index contributed by atoms with van der Waals surface area (Å²) in [6, 6.07) is 6.40. The van der Waals surface area contributed by atoms with E-state index in [2.05, 4.69) is 28.5 Å². The number of aryl methyl sites for hydroxylation is 1. The summed E-state index contributed by atoms with van der Waals surface area (Å²) in [7, 11) is 2.04. The third-order valence-electron chi connectivity index (χ3n) is 4.04. The van der Waals surface area contributed by atoms with E-state index in [1.165, 1.54) is 41.4 Å². The van der Waals surface area contributed by atoms with Crippen molar-refractivity contribution in [3.8, 4) is 5.75 Å². The Hall–Kier alpha value is -1.48. The Morgan fingerprint density at radius 3 is 3.11 bits per heavy atom. The molecule has 0 radical (unpaired) electrons. The zero-order valence-electron chi connectivity index (χ0n) is 11.8. The van der Waals surface area contributed by atoms with Crippen molar-refractivity contribution < 1.29 is 4.74 Å². The number of ether oxygens (including phenoxy) is 1. The van der Waals surface area contributed by atoms with Gasteiger partial charge in [0.2, 0.25) is 0 Å². The molecule has 1 atom stereocenters. The summed E-state index contributed by atoms with van der Waals surface area (Å²) in [5.74, 6) is 1.60. The smallest absolute Gasteiger partial charge is 0.120 e. The molecule has 102 valence electrons. The largest absolute Gasteiger partial charge is 0.494 e. The normalized spacial score (nSPS) is 18.5. The van der Waals surface area contributed by atoms with Crippen LogP contribution in [0.2, 0.25) is 0 Å². The fourth-order valence-corrected chi connectivity index (χ4v) is 3.29. The summed E-state index contributed by atoms with van der Waals surface area (Å²) in [6.07, 6.45) is 3.73. The van der Waals surface area contributed by atoms with Crippen LogP contribution in [-0.2, 0) is 6.42 Å². The monoisotopic (exact) mass is 258 g/mol. The minimum absolute atomic E-state index is 0.624. The van der Waals surface area contributed by atoms with Crippen LogP contribution < -0.4 is 10.1 Å². The lowest BCUT2D eigenvalue weighted by Gasteiger charge is -2.22. The number of H-pyrrole nitrogens is 1. The predicted octanol–water partition coefficient (Wildman–Crippen LogP) is 3.21. The zero-order chi connectivity index (χ0) is 13.2. The molecular weight excluding hydrogens is 236 g/mol. The molecule has 0 saturated heterocycles. The van der Waals surface area contributed by atoms with Gasteiger partial charge in [-0.3, -0.25) is 0 Å². The number of fused-ring (bicyclic) bond motifs is 3. The topological polar surface area (TPSA) is 37.0 Å². The highest BCUT2D eigenvalue weighted by molar-refractivity contribution is 5.87. The van der Waals surface area contributed by atoms with Gasteiger partial charge in [0.1, 0.15) is 5.75 Å². The van der Waals surface area contributed by atoms with Crippen molar-refractivity contribution >= 4 is 10.9 Å². The molecule has 0 aliphatic heterocycles. The maximum absolute atomic E-state index is 5.64. The number of hydrogen-bond acceptors (Lipinski definition) is 2. The van der Waals surface area contributed by atoms with Crippen LogP contribution in [-0.4, -0.2) is 25.2 Å². The van der Waals surface area contributed by atoms with Crippen molar-refractivity contribution in [3.05, 3.63) is 29.5 Å². The molecule has 1 aliphatic carbocycles.